The van der Waals surface area contributed by atoms with Crippen LogP contribution in [-0.4, -0.2) is 21.7 Å². The fourth-order valence-electron chi connectivity index (χ4n) is 2.53. The van der Waals surface area contributed by atoms with Gasteiger partial charge in [-0.15, -0.1) is 0 Å². The van der Waals surface area contributed by atoms with Gasteiger partial charge in [-0.2, -0.15) is 13.5 Å². The Morgan fingerprint density at radius 2 is 1.67 bits per heavy atom. The molecule has 0 aliphatic rings. The van der Waals surface area contributed by atoms with Gasteiger partial charge in [-0.1, -0.05) is 47.5 Å². The van der Waals surface area contributed by atoms with Crippen molar-refractivity contribution >= 4 is 39.4 Å². The number of hydrazone groups is 1. The highest BCUT2D eigenvalue weighted by molar-refractivity contribution is 7.89. The van der Waals surface area contributed by atoms with Crippen LogP contribution in [0.1, 0.15) is 11.1 Å². The molecule has 0 saturated carbocycles. The van der Waals surface area contributed by atoms with Crippen LogP contribution in [0.25, 0.3) is 0 Å². The van der Waals surface area contributed by atoms with Crippen LogP contribution >= 0.6 is 23.2 Å². The molecule has 0 radical (unpaired) electrons. The lowest BCUT2D eigenvalue weighted by Gasteiger charge is -2.13. The topological polar surface area (TPSA) is 77.0 Å². The smallest absolute Gasteiger partial charge is 0.276 e. The minimum atomic E-state index is -3.73. The van der Waals surface area contributed by atoms with Gasteiger partial charge in [0.25, 0.3) is 10.0 Å². The second kappa shape index (κ2) is 9.84. The third-order valence-corrected chi connectivity index (χ3v) is 6.01. The predicted octanol–water partition coefficient (Wildman–Crippen LogP) is 4.89. The Hall–Kier alpha value is -2.74. The van der Waals surface area contributed by atoms with Gasteiger partial charge in [0.05, 0.1) is 18.2 Å². The first-order chi connectivity index (χ1) is 14.4. The first-order valence-corrected chi connectivity index (χ1v) is 11.0. The van der Waals surface area contributed by atoms with Crippen molar-refractivity contribution in [3.05, 3.63) is 87.9 Å². The molecular formula is C21H18Cl2N2O4S. The highest BCUT2D eigenvalue weighted by atomic mass is 35.5. The predicted molar refractivity (Wildman–Crippen MR) is 118 cm³/mol. The Balaban J connectivity index is 1.70. The molecule has 0 saturated heterocycles. The lowest BCUT2D eigenvalue weighted by atomic mass is 10.2. The zero-order chi connectivity index (χ0) is 21.6. The molecule has 0 aliphatic heterocycles. The first kappa shape index (κ1) is 22.0. The number of nitrogens with one attached hydrogen (secondary N) is 1. The van der Waals surface area contributed by atoms with Crippen molar-refractivity contribution in [2.75, 3.05) is 7.11 Å². The standard InChI is InChI=1S/C21H18Cl2N2O4S/c1-28-21-12-15(13-24-25-30(26,27)16-6-3-2-4-7-16)10-11-20(21)29-14-17-18(22)8-5-9-19(17)23/h2-13,25H,14H2,1H3/b24-13-. The maximum absolute atomic E-state index is 12.2. The van der Waals surface area contributed by atoms with Gasteiger partial charge < -0.3 is 9.47 Å². The van der Waals surface area contributed by atoms with Gasteiger partial charge >= 0.3 is 0 Å². The molecule has 30 heavy (non-hydrogen) atoms. The Bertz CT molecular complexity index is 1130. The summed E-state index contributed by atoms with van der Waals surface area (Å²) in [4.78, 5) is 2.30. The number of hydrogen-bond acceptors (Lipinski definition) is 5. The van der Waals surface area contributed by atoms with E-state index in [-0.39, 0.29) is 11.5 Å². The molecule has 0 bridgehead atoms. The number of methoxy groups -OCH3 is 1. The molecule has 0 amide bonds. The van der Waals surface area contributed by atoms with Crippen molar-refractivity contribution in [2.45, 2.75) is 11.5 Å². The molecule has 9 heteroatoms. The van der Waals surface area contributed by atoms with E-state index in [4.69, 9.17) is 32.7 Å². The summed E-state index contributed by atoms with van der Waals surface area (Å²) in [6, 6.07) is 18.3. The fourth-order valence-corrected chi connectivity index (χ4v) is 3.85. The van der Waals surface area contributed by atoms with E-state index in [1.165, 1.54) is 25.5 Å². The third kappa shape index (κ3) is 5.44. The Labute approximate surface area is 185 Å². The summed E-state index contributed by atoms with van der Waals surface area (Å²) >= 11 is 12.3. The lowest BCUT2D eigenvalue weighted by Crippen LogP contribution is -2.18. The number of rotatable bonds is 8. The molecule has 0 fully saturated rings. The molecule has 156 valence electrons. The number of ether oxygens (including phenoxy) is 2. The second-order valence-corrected chi connectivity index (χ2v) is 8.54. The van der Waals surface area contributed by atoms with Gasteiger partial charge in [-0.05, 0) is 48.0 Å². The van der Waals surface area contributed by atoms with Gasteiger partial charge in [0.1, 0.15) is 6.61 Å². The van der Waals surface area contributed by atoms with E-state index >= 15 is 0 Å². The summed E-state index contributed by atoms with van der Waals surface area (Å²) in [5.41, 5.74) is 1.29. The summed E-state index contributed by atoms with van der Waals surface area (Å²) in [6.07, 6.45) is 1.37. The maximum Gasteiger partial charge on any atom is 0.276 e. The molecule has 6 nitrogen and oxygen atoms in total. The summed E-state index contributed by atoms with van der Waals surface area (Å²) in [6.45, 7) is 0.166. The zero-order valence-electron chi connectivity index (χ0n) is 15.9. The van der Waals surface area contributed by atoms with Crippen LogP contribution in [0.5, 0.6) is 11.5 Å². The van der Waals surface area contributed by atoms with Crippen molar-refractivity contribution < 1.29 is 17.9 Å². The third-order valence-electron chi connectivity index (χ3n) is 4.06. The summed E-state index contributed by atoms with van der Waals surface area (Å²) in [5, 5.41) is 4.84. The molecule has 0 heterocycles. The molecule has 3 rings (SSSR count). The van der Waals surface area contributed by atoms with Crippen LogP contribution in [0.15, 0.2) is 76.7 Å². The summed E-state index contributed by atoms with van der Waals surface area (Å²) < 4.78 is 35.5. The molecule has 0 unspecified atom stereocenters. The Morgan fingerprint density at radius 3 is 2.33 bits per heavy atom. The number of benzene rings is 3. The molecule has 3 aromatic rings. The SMILES string of the molecule is COc1cc(/C=N\NS(=O)(=O)c2ccccc2)ccc1OCc1c(Cl)cccc1Cl. The van der Waals surface area contributed by atoms with E-state index in [0.717, 1.165) is 0 Å². The average Bonchev–Trinajstić information content (AvgIpc) is 2.74. The van der Waals surface area contributed by atoms with Crippen LogP contribution in [0, 0.1) is 0 Å². The highest BCUT2D eigenvalue weighted by Gasteiger charge is 2.12. The molecule has 0 atom stereocenters. The molecule has 0 aromatic heterocycles. The van der Waals surface area contributed by atoms with E-state index in [2.05, 4.69) is 9.93 Å². The van der Waals surface area contributed by atoms with Gasteiger partial charge in [-0.25, -0.2) is 4.83 Å². The van der Waals surface area contributed by atoms with Crippen LogP contribution in [0.4, 0.5) is 0 Å². The highest BCUT2D eigenvalue weighted by Crippen LogP contribution is 2.31. The minimum absolute atomic E-state index is 0.127. The number of nitrogens with zero attached hydrogens (tertiary/aromatic N) is 1. The molecule has 1 N–H and O–H groups in total. The van der Waals surface area contributed by atoms with E-state index in [1.807, 2.05) is 0 Å². The molecule has 0 spiro atoms. The van der Waals surface area contributed by atoms with Crippen LogP contribution in [0.3, 0.4) is 0 Å². The van der Waals surface area contributed by atoms with Gasteiger partial charge in [0.2, 0.25) is 0 Å². The number of hydrogen-bond donors (Lipinski definition) is 1. The average molecular weight is 465 g/mol. The molecule has 0 aliphatic carbocycles. The molecular weight excluding hydrogens is 447 g/mol. The van der Waals surface area contributed by atoms with Crippen molar-refractivity contribution in [3.63, 3.8) is 0 Å². The van der Waals surface area contributed by atoms with E-state index in [0.29, 0.717) is 32.7 Å². The Morgan fingerprint density at radius 1 is 0.967 bits per heavy atom. The van der Waals surface area contributed by atoms with Crippen molar-refractivity contribution in [1.29, 1.82) is 0 Å². The van der Waals surface area contributed by atoms with E-state index in [1.54, 1.807) is 54.6 Å². The fraction of sp³-hybridized carbons (Fsp3) is 0.0952. The normalized spacial score (nSPS) is 11.4. The first-order valence-electron chi connectivity index (χ1n) is 8.74. The minimum Gasteiger partial charge on any atom is -0.493 e. The van der Waals surface area contributed by atoms with E-state index < -0.39 is 10.0 Å². The number of sulfonamides is 1. The van der Waals surface area contributed by atoms with Crippen LogP contribution in [-0.2, 0) is 16.6 Å². The molecule has 3 aromatic carbocycles. The summed E-state index contributed by atoms with van der Waals surface area (Å²) in [7, 11) is -2.23. The number of halogens is 2. The monoisotopic (exact) mass is 464 g/mol. The quantitative estimate of drug-likeness (QED) is 0.380. The Kier molecular flexibility index (Phi) is 7.20. The second-order valence-electron chi connectivity index (χ2n) is 6.07. The van der Waals surface area contributed by atoms with E-state index in [9.17, 15) is 8.42 Å². The van der Waals surface area contributed by atoms with Gasteiger partial charge in [0, 0.05) is 15.6 Å². The van der Waals surface area contributed by atoms with Crippen molar-refractivity contribution in [3.8, 4) is 11.5 Å². The van der Waals surface area contributed by atoms with Crippen molar-refractivity contribution in [2.24, 2.45) is 5.10 Å². The van der Waals surface area contributed by atoms with Gasteiger partial charge in [-0.3, -0.25) is 0 Å². The van der Waals surface area contributed by atoms with Gasteiger partial charge in [0.15, 0.2) is 11.5 Å². The lowest BCUT2D eigenvalue weighted by molar-refractivity contribution is 0.284. The zero-order valence-corrected chi connectivity index (χ0v) is 18.2. The maximum atomic E-state index is 12.2. The largest absolute Gasteiger partial charge is 0.493 e. The van der Waals surface area contributed by atoms with Crippen LogP contribution in [0.2, 0.25) is 10.0 Å². The van der Waals surface area contributed by atoms with Crippen molar-refractivity contribution in [1.82, 2.24) is 4.83 Å². The van der Waals surface area contributed by atoms with Crippen LogP contribution < -0.4 is 14.3 Å². The summed E-state index contributed by atoms with van der Waals surface area (Å²) in [5.74, 6) is 0.934.